The Hall–Kier alpha value is -0.520. The summed E-state index contributed by atoms with van der Waals surface area (Å²) >= 11 is 0. The highest BCUT2D eigenvalue weighted by Crippen LogP contribution is 2.16. The molecule has 1 aliphatic carbocycles. The van der Waals surface area contributed by atoms with Gasteiger partial charge in [0.15, 0.2) is 0 Å². The predicted molar refractivity (Wildman–Crippen MR) is 45.9 cm³/mol. The SMILES string of the molecule is C/C1=C/CC/C=C\C(C)C1. The summed E-state index contributed by atoms with van der Waals surface area (Å²) in [4.78, 5) is 0. The highest BCUT2D eigenvalue weighted by atomic mass is 14.1. The summed E-state index contributed by atoms with van der Waals surface area (Å²) in [7, 11) is 0. The molecule has 1 rings (SSSR count). The van der Waals surface area contributed by atoms with E-state index < -0.39 is 0 Å². The molecule has 1 aliphatic rings. The number of hydrogen-bond acceptors (Lipinski definition) is 0. The lowest BCUT2D eigenvalue weighted by molar-refractivity contribution is 0.701. The van der Waals surface area contributed by atoms with Crippen LogP contribution in [0.25, 0.3) is 0 Å². The van der Waals surface area contributed by atoms with Gasteiger partial charge in [-0.3, -0.25) is 0 Å². The van der Waals surface area contributed by atoms with E-state index in [2.05, 4.69) is 32.1 Å². The van der Waals surface area contributed by atoms with Crippen LogP contribution in [0.3, 0.4) is 0 Å². The first kappa shape index (κ1) is 7.59. The first-order chi connectivity index (χ1) is 4.79. The van der Waals surface area contributed by atoms with E-state index in [1.807, 2.05) is 0 Å². The van der Waals surface area contributed by atoms with E-state index in [0.29, 0.717) is 0 Å². The normalized spacial score (nSPS) is 35.4. The zero-order valence-electron chi connectivity index (χ0n) is 6.93. The third-order valence-corrected chi connectivity index (χ3v) is 1.93. The minimum absolute atomic E-state index is 0.747. The maximum absolute atomic E-state index is 2.36. The van der Waals surface area contributed by atoms with Gasteiger partial charge in [-0.05, 0) is 32.1 Å². The lowest BCUT2D eigenvalue weighted by Crippen LogP contribution is -1.92. The van der Waals surface area contributed by atoms with Crippen molar-refractivity contribution in [3.63, 3.8) is 0 Å². The summed E-state index contributed by atoms with van der Waals surface area (Å²) in [6.07, 6.45) is 10.7. The molecule has 0 heterocycles. The summed E-state index contributed by atoms with van der Waals surface area (Å²) in [5, 5.41) is 0. The van der Waals surface area contributed by atoms with Crippen molar-refractivity contribution in [1.29, 1.82) is 0 Å². The summed E-state index contributed by atoms with van der Waals surface area (Å²) in [5.41, 5.74) is 1.55. The van der Waals surface area contributed by atoms with Crippen molar-refractivity contribution in [3.05, 3.63) is 23.8 Å². The van der Waals surface area contributed by atoms with Crippen molar-refractivity contribution in [1.82, 2.24) is 0 Å². The molecule has 1 atom stereocenters. The molecule has 0 spiro atoms. The largest absolute Gasteiger partial charge is 0.0880 e. The second-order valence-corrected chi connectivity index (χ2v) is 3.24. The highest BCUT2D eigenvalue weighted by molar-refractivity contribution is 5.05. The molecular weight excluding hydrogens is 120 g/mol. The molecule has 0 radical (unpaired) electrons. The molecule has 0 aromatic heterocycles. The summed E-state index contributed by atoms with van der Waals surface area (Å²) in [6, 6.07) is 0. The lowest BCUT2D eigenvalue weighted by Gasteiger charge is -2.08. The Labute approximate surface area is 63.6 Å². The van der Waals surface area contributed by atoms with E-state index >= 15 is 0 Å². The Morgan fingerprint density at radius 2 is 2.20 bits per heavy atom. The van der Waals surface area contributed by atoms with Gasteiger partial charge in [0.05, 0.1) is 0 Å². The van der Waals surface area contributed by atoms with Crippen LogP contribution >= 0.6 is 0 Å². The second kappa shape index (κ2) is 3.60. The van der Waals surface area contributed by atoms with Gasteiger partial charge in [-0.25, -0.2) is 0 Å². The van der Waals surface area contributed by atoms with Crippen molar-refractivity contribution in [2.45, 2.75) is 33.1 Å². The van der Waals surface area contributed by atoms with Crippen LogP contribution in [-0.4, -0.2) is 0 Å². The monoisotopic (exact) mass is 136 g/mol. The molecule has 0 saturated heterocycles. The molecule has 0 heteroatoms. The molecule has 0 aromatic carbocycles. The molecule has 0 saturated carbocycles. The third kappa shape index (κ3) is 2.38. The Balaban J connectivity index is 2.52. The van der Waals surface area contributed by atoms with Gasteiger partial charge in [0, 0.05) is 0 Å². The zero-order valence-corrected chi connectivity index (χ0v) is 6.93. The Kier molecular flexibility index (Phi) is 2.73. The van der Waals surface area contributed by atoms with E-state index in [-0.39, 0.29) is 0 Å². The van der Waals surface area contributed by atoms with Gasteiger partial charge in [-0.2, -0.15) is 0 Å². The standard InChI is InChI=1S/C10H16/c1-9-6-4-3-5-7-10(2)8-9/h4,6-7,9H,3,5,8H2,1-2H3/b6-4-,10-7-. The lowest BCUT2D eigenvalue weighted by atomic mass is 9.98. The number of rotatable bonds is 0. The molecule has 10 heavy (non-hydrogen) atoms. The van der Waals surface area contributed by atoms with Gasteiger partial charge in [-0.1, -0.05) is 30.7 Å². The molecule has 0 aromatic rings. The summed E-state index contributed by atoms with van der Waals surface area (Å²) in [5.74, 6) is 0.747. The van der Waals surface area contributed by atoms with E-state index in [9.17, 15) is 0 Å². The fraction of sp³-hybridized carbons (Fsp3) is 0.600. The molecule has 0 amide bonds. The smallest absolute Gasteiger partial charge is 0.0225 e. The van der Waals surface area contributed by atoms with Crippen molar-refractivity contribution < 1.29 is 0 Å². The van der Waals surface area contributed by atoms with Crippen LogP contribution in [0.4, 0.5) is 0 Å². The van der Waals surface area contributed by atoms with E-state index in [1.54, 1.807) is 5.57 Å². The average Bonchev–Trinajstić information content (AvgIpc) is 1.83. The molecule has 0 bridgehead atoms. The molecule has 0 N–H and O–H groups in total. The Bertz CT molecular complexity index is 151. The van der Waals surface area contributed by atoms with Crippen LogP contribution in [0.2, 0.25) is 0 Å². The summed E-state index contributed by atoms with van der Waals surface area (Å²) < 4.78 is 0. The van der Waals surface area contributed by atoms with Crippen molar-refractivity contribution in [2.75, 3.05) is 0 Å². The first-order valence-corrected chi connectivity index (χ1v) is 4.11. The van der Waals surface area contributed by atoms with Gasteiger partial charge in [-0.15, -0.1) is 0 Å². The van der Waals surface area contributed by atoms with Crippen molar-refractivity contribution in [2.24, 2.45) is 5.92 Å². The van der Waals surface area contributed by atoms with Crippen molar-refractivity contribution >= 4 is 0 Å². The maximum Gasteiger partial charge on any atom is -0.0225 e. The summed E-state index contributed by atoms with van der Waals surface area (Å²) in [6.45, 7) is 4.51. The molecule has 56 valence electrons. The van der Waals surface area contributed by atoms with Gasteiger partial charge >= 0.3 is 0 Å². The van der Waals surface area contributed by atoms with Crippen LogP contribution in [0.1, 0.15) is 33.1 Å². The second-order valence-electron chi connectivity index (χ2n) is 3.24. The van der Waals surface area contributed by atoms with Crippen LogP contribution in [-0.2, 0) is 0 Å². The molecule has 0 fully saturated rings. The minimum Gasteiger partial charge on any atom is -0.0880 e. The van der Waals surface area contributed by atoms with E-state index in [1.165, 1.54) is 19.3 Å². The van der Waals surface area contributed by atoms with E-state index in [0.717, 1.165) is 5.92 Å². The van der Waals surface area contributed by atoms with Gasteiger partial charge in [0.1, 0.15) is 0 Å². The number of hydrogen-bond donors (Lipinski definition) is 0. The van der Waals surface area contributed by atoms with Crippen LogP contribution in [0, 0.1) is 5.92 Å². The van der Waals surface area contributed by atoms with Gasteiger partial charge in [0.25, 0.3) is 0 Å². The Morgan fingerprint density at radius 1 is 1.40 bits per heavy atom. The fourth-order valence-corrected chi connectivity index (χ4v) is 1.41. The first-order valence-electron chi connectivity index (χ1n) is 4.11. The Morgan fingerprint density at radius 3 is 3.00 bits per heavy atom. The molecule has 0 aliphatic heterocycles. The molecule has 1 unspecified atom stereocenters. The van der Waals surface area contributed by atoms with Gasteiger partial charge in [0.2, 0.25) is 0 Å². The van der Waals surface area contributed by atoms with Gasteiger partial charge < -0.3 is 0 Å². The van der Waals surface area contributed by atoms with E-state index in [4.69, 9.17) is 0 Å². The highest BCUT2D eigenvalue weighted by Gasteiger charge is 1.99. The average molecular weight is 136 g/mol. The van der Waals surface area contributed by atoms with Crippen LogP contribution < -0.4 is 0 Å². The quantitative estimate of drug-likeness (QED) is 0.448. The van der Waals surface area contributed by atoms with Crippen LogP contribution in [0.5, 0.6) is 0 Å². The fourth-order valence-electron chi connectivity index (χ4n) is 1.41. The zero-order chi connectivity index (χ0) is 7.40. The van der Waals surface area contributed by atoms with Crippen molar-refractivity contribution in [3.8, 4) is 0 Å². The third-order valence-electron chi connectivity index (χ3n) is 1.93. The minimum atomic E-state index is 0.747. The molecular formula is C10H16. The topological polar surface area (TPSA) is 0 Å². The molecule has 0 nitrogen and oxygen atoms in total. The van der Waals surface area contributed by atoms with Crippen LogP contribution in [0.15, 0.2) is 23.8 Å². The maximum atomic E-state index is 2.36. The number of allylic oxidation sites excluding steroid dienone is 4. The predicted octanol–water partition coefficient (Wildman–Crippen LogP) is 3.31.